The summed E-state index contributed by atoms with van der Waals surface area (Å²) in [6.07, 6.45) is 0.804. The van der Waals surface area contributed by atoms with Gasteiger partial charge in [-0.2, -0.15) is 0 Å². The third-order valence-corrected chi connectivity index (χ3v) is 3.85. The average molecular weight is 313 g/mol. The van der Waals surface area contributed by atoms with Crippen molar-refractivity contribution in [3.63, 3.8) is 0 Å². The Bertz CT molecular complexity index is 407. The Morgan fingerprint density at radius 2 is 1.94 bits per heavy atom. The number of benzene rings is 1. The highest BCUT2D eigenvalue weighted by molar-refractivity contribution is 9.10. The van der Waals surface area contributed by atoms with E-state index in [2.05, 4.69) is 27.3 Å². The molecule has 0 saturated carbocycles. The predicted molar refractivity (Wildman–Crippen MR) is 78.3 cm³/mol. The third kappa shape index (κ3) is 4.42. The largest absolute Gasteiger partial charge is 0.353 e. The molecule has 1 rings (SSSR count). The van der Waals surface area contributed by atoms with E-state index < -0.39 is 0 Å². The molecule has 0 aliphatic rings. The molecule has 0 fully saturated rings. The van der Waals surface area contributed by atoms with Crippen LogP contribution in [0.25, 0.3) is 0 Å². The van der Waals surface area contributed by atoms with Gasteiger partial charge in [-0.3, -0.25) is 4.79 Å². The number of hydrogen-bond donors (Lipinski definition) is 2. The molecule has 0 aromatic heterocycles. The van der Waals surface area contributed by atoms with Gasteiger partial charge in [0.15, 0.2) is 0 Å². The molecule has 1 aromatic carbocycles. The van der Waals surface area contributed by atoms with Crippen LogP contribution in [0.3, 0.4) is 0 Å². The van der Waals surface area contributed by atoms with Crippen LogP contribution in [0.4, 0.5) is 0 Å². The summed E-state index contributed by atoms with van der Waals surface area (Å²) in [5.41, 5.74) is 6.91. The molecule has 0 saturated heterocycles. The molecule has 100 valence electrons. The monoisotopic (exact) mass is 312 g/mol. The van der Waals surface area contributed by atoms with Crippen LogP contribution in [-0.4, -0.2) is 18.0 Å². The number of rotatable bonds is 5. The molecule has 1 aromatic rings. The fraction of sp³-hybridized carbons (Fsp3) is 0.500. The van der Waals surface area contributed by atoms with Crippen molar-refractivity contribution in [2.75, 3.05) is 0 Å². The van der Waals surface area contributed by atoms with Crippen molar-refractivity contribution >= 4 is 21.8 Å². The summed E-state index contributed by atoms with van der Waals surface area (Å²) in [6.45, 7) is 5.71. The van der Waals surface area contributed by atoms with E-state index >= 15 is 0 Å². The van der Waals surface area contributed by atoms with Crippen LogP contribution in [0, 0.1) is 5.92 Å². The Kier molecular flexibility index (Phi) is 5.82. The van der Waals surface area contributed by atoms with Gasteiger partial charge in [0.2, 0.25) is 5.91 Å². The quantitative estimate of drug-likeness (QED) is 0.877. The first kappa shape index (κ1) is 15.2. The lowest BCUT2D eigenvalue weighted by atomic mass is 10.0. The van der Waals surface area contributed by atoms with Crippen molar-refractivity contribution in [3.8, 4) is 0 Å². The van der Waals surface area contributed by atoms with Gasteiger partial charge in [0.1, 0.15) is 0 Å². The number of hydrogen-bond acceptors (Lipinski definition) is 2. The first-order chi connectivity index (χ1) is 8.41. The summed E-state index contributed by atoms with van der Waals surface area (Å²) in [5.74, 6) is -0.142. The van der Waals surface area contributed by atoms with Crippen LogP contribution >= 0.6 is 15.9 Å². The number of carbonyl (C=O) groups excluding carboxylic acids is 1. The van der Waals surface area contributed by atoms with Crippen molar-refractivity contribution in [1.29, 1.82) is 0 Å². The normalized spacial score (nSPS) is 15.8. The molecular formula is C14H21BrN2O. The van der Waals surface area contributed by atoms with Crippen LogP contribution in [0.1, 0.15) is 26.3 Å². The first-order valence-electron chi connectivity index (χ1n) is 6.21. The van der Waals surface area contributed by atoms with Crippen molar-refractivity contribution in [3.05, 3.63) is 34.3 Å². The van der Waals surface area contributed by atoms with E-state index in [1.54, 1.807) is 0 Å². The van der Waals surface area contributed by atoms with E-state index in [0.29, 0.717) is 0 Å². The van der Waals surface area contributed by atoms with Gasteiger partial charge in [-0.15, -0.1) is 0 Å². The molecule has 3 unspecified atom stereocenters. The van der Waals surface area contributed by atoms with Crippen LogP contribution < -0.4 is 11.1 Å². The molecule has 0 aliphatic carbocycles. The number of amides is 1. The van der Waals surface area contributed by atoms with Crippen molar-refractivity contribution in [1.82, 2.24) is 5.32 Å². The first-order valence-corrected chi connectivity index (χ1v) is 7.00. The summed E-state index contributed by atoms with van der Waals surface area (Å²) in [4.78, 5) is 11.9. The Morgan fingerprint density at radius 1 is 1.33 bits per heavy atom. The molecule has 3 atom stereocenters. The van der Waals surface area contributed by atoms with Gasteiger partial charge in [0, 0.05) is 22.5 Å². The second-order valence-corrected chi connectivity index (χ2v) is 5.71. The molecule has 3 nitrogen and oxygen atoms in total. The van der Waals surface area contributed by atoms with E-state index in [1.165, 1.54) is 5.56 Å². The van der Waals surface area contributed by atoms with E-state index in [9.17, 15) is 4.79 Å². The smallest absolute Gasteiger partial charge is 0.224 e. The van der Waals surface area contributed by atoms with Crippen LogP contribution in [0.15, 0.2) is 28.7 Å². The molecule has 3 N–H and O–H groups in total. The summed E-state index contributed by atoms with van der Waals surface area (Å²) in [7, 11) is 0. The van der Waals surface area contributed by atoms with E-state index in [1.807, 2.05) is 39.0 Å². The lowest BCUT2D eigenvalue weighted by molar-refractivity contribution is -0.125. The standard InChI is InChI=1S/C14H21BrN2O/c1-9(17-14(18)10(2)11(3)16)8-12-6-4-5-7-13(12)15/h4-7,9-11H,8,16H2,1-3H3,(H,17,18). The number of nitrogens with one attached hydrogen (secondary N) is 1. The van der Waals surface area contributed by atoms with E-state index in [-0.39, 0.29) is 23.9 Å². The molecule has 4 heteroatoms. The van der Waals surface area contributed by atoms with Gasteiger partial charge >= 0.3 is 0 Å². The van der Waals surface area contributed by atoms with Crippen molar-refractivity contribution in [2.45, 2.75) is 39.3 Å². The highest BCUT2D eigenvalue weighted by Gasteiger charge is 2.18. The van der Waals surface area contributed by atoms with Crippen molar-refractivity contribution < 1.29 is 4.79 Å². The van der Waals surface area contributed by atoms with Crippen LogP contribution in [0.5, 0.6) is 0 Å². The number of carbonyl (C=O) groups is 1. The molecular weight excluding hydrogens is 292 g/mol. The minimum atomic E-state index is -0.160. The molecule has 0 aliphatic heterocycles. The lowest BCUT2D eigenvalue weighted by Gasteiger charge is -2.20. The Morgan fingerprint density at radius 3 is 2.50 bits per heavy atom. The van der Waals surface area contributed by atoms with Crippen LogP contribution in [0.2, 0.25) is 0 Å². The van der Waals surface area contributed by atoms with Gasteiger partial charge in [0.05, 0.1) is 0 Å². The van der Waals surface area contributed by atoms with Gasteiger partial charge in [0.25, 0.3) is 0 Å². The number of halogens is 1. The average Bonchev–Trinajstić information content (AvgIpc) is 2.30. The summed E-state index contributed by atoms with van der Waals surface area (Å²) in [6, 6.07) is 8.02. The van der Waals surface area contributed by atoms with Crippen LogP contribution in [-0.2, 0) is 11.2 Å². The fourth-order valence-electron chi connectivity index (χ4n) is 1.66. The minimum Gasteiger partial charge on any atom is -0.353 e. The highest BCUT2D eigenvalue weighted by atomic mass is 79.9. The zero-order chi connectivity index (χ0) is 13.7. The minimum absolute atomic E-state index is 0.0181. The topological polar surface area (TPSA) is 55.1 Å². The second kappa shape index (κ2) is 6.90. The third-order valence-electron chi connectivity index (χ3n) is 3.07. The Labute approximate surface area is 117 Å². The fourth-order valence-corrected chi connectivity index (χ4v) is 2.10. The maximum absolute atomic E-state index is 11.9. The molecule has 0 bridgehead atoms. The maximum Gasteiger partial charge on any atom is 0.224 e. The molecule has 0 heterocycles. The molecule has 1 amide bonds. The van der Waals surface area contributed by atoms with Crippen molar-refractivity contribution in [2.24, 2.45) is 11.7 Å². The van der Waals surface area contributed by atoms with E-state index in [0.717, 1.165) is 10.9 Å². The molecule has 0 radical (unpaired) electrons. The second-order valence-electron chi connectivity index (χ2n) is 4.85. The SMILES string of the molecule is CC(Cc1ccccc1Br)NC(=O)C(C)C(C)N. The molecule has 0 spiro atoms. The van der Waals surface area contributed by atoms with Gasteiger partial charge in [-0.25, -0.2) is 0 Å². The highest BCUT2D eigenvalue weighted by Crippen LogP contribution is 2.17. The zero-order valence-corrected chi connectivity index (χ0v) is 12.7. The zero-order valence-electron chi connectivity index (χ0n) is 11.1. The van der Waals surface area contributed by atoms with Gasteiger partial charge in [-0.1, -0.05) is 41.1 Å². The summed E-state index contributed by atoms with van der Waals surface area (Å²) in [5, 5.41) is 3.00. The van der Waals surface area contributed by atoms with Gasteiger partial charge in [-0.05, 0) is 31.9 Å². The van der Waals surface area contributed by atoms with E-state index in [4.69, 9.17) is 5.73 Å². The Hall–Kier alpha value is -0.870. The lowest BCUT2D eigenvalue weighted by Crippen LogP contribution is -2.43. The summed E-state index contributed by atoms with van der Waals surface area (Å²) < 4.78 is 1.08. The number of nitrogens with two attached hydrogens (primary N) is 1. The maximum atomic E-state index is 11.9. The predicted octanol–water partition coefficient (Wildman–Crippen LogP) is 2.48. The van der Waals surface area contributed by atoms with Gasteiger partial charge < -0.3 is 11.1 Å². The summed E-state index contributed by atoms with van der Waals surface area (Å²) >= 11 is 3.51. The molecule has 18 heavy (non-hydrogen) atoms. The Balaban J connectivity index is 2.55.